The lowest BCUT2D eigenvalue weighted by molar-refractivity contribution is -0.131. The molecular weight excluding hydrogens is 490 g/mol. The van der Waals surface area contributed by atoms with Crippen LogP contribution in [0, 0.1) is 17.3 Å². The molecule has 0 aliphatic carbocycles. The summed E-state index contributed by atoms with van der Waals surface area (Å²) in [6.45, 7) is 5.94. The van der Waals surface area contributed by atoms with E-state index >= 15 is 0 Å². The van der Waals surface area contributed by atoms with E-state index in [1.807, 2.05) is 25.1 Å². The van der Waals surface area contributed by atoms with E-state index in [0.29, 0.717) is 30.2 Å². The van der Waals surface area contributed by atoms with E-state index < -0.39 is 17.4 Å². The molecule has 0 spiro atoms. The number of halogens is 2. The summed E-state index contributed by atoms with van der Waals surface area (Å²) in [5.41, 5.74) is 19.0. The fourth-order valence-electron chi connectivity index (χ4n) is 4.59. The van der Waals surface area contributed by atoms with Gasteiger partial charge < -0.3 is 31.6 Å². The van der Waals surface area contributed by atoms with Crippen molar-refractivity contribution in [3.05, 3.63) is 59.2 Å². The van der Waals surface area contributed by atoms with Crippen LogP contribution in [0.1, 0.15) is 50.8 Å². The summed E-state index contributed by atoms with van der Waals surface area (Å²) >= 11 is 0. The zero-order valence-electron chi connectivity index (χ0n) is 21.8. The van der Waals surface area contributed by atoms with Crippen LogP contribution in [0.4, 0.5) is 8.78 Å². The molecule has 4 atom stereocenters. The van der Waals surface area contributed by atoms with Crippen LogP contribution in [-0.4, -0.2) is 56.2 Å². The van der Waals surface area contributed by atoms with E-state index in [1.54, 1.807) is 24.1 Å². The van der Waals surface area contributed by atoms with Crippen molar-refractivity contribution >= 4 is 5.91 Å². The third kappa shape index (κ3) is 6.81. The number of benzene rings is 2. The van der Waals surface area contributed by atoms with E-state index in [9.17, 15) is 13.6 Å². The van der Waals surface area contributed by atoms with Gasteiger partial charge >= 0.3 is 0 Å². The third-order valence-electron chi connectivity index (χ3n) is 7.17. The SMILES string of the molecule is C.COc1ccc(C2CN(C(=O)[C@@H](N)CN)CC2(C)[C@@H](C)N)cc1OCC#Cc1ccc(C(C)(F)F)cc1. The zero-order chi connectivity index (χ0) is 27.4. The van der Waals surface area contributed by atoms with Crippen molar-refractivity contribution in [2.24, 2.45) is 22.6 Å². The summed E-state index contributed by atoms with van der Waals surface area (Å²) in [7, 11) is 1.55. The minimum absolute atomic E-state index is 0. The van der Waals surface area contributed by atoms with Gasteiger partial charge in [0, 0.05) is 55.1 Å². The van der Waals surface area contributed by atoms with Crippen molar-refractivity contribution in [2.45, 2.75) is 52.1 Å². The Morgan fingerprint density at radius 1 is 1.21 bits per heavy atom. The molecule has 1 aliphatic heterocycles. The normalized spacial score (nSPS) is 20.6. The van der Waals surface area contributed by atoms with Crippen LogP contribution in [0.5, 0.6) is 11.5 Å². The lowest BCUT2D eigenvalue weighted by atomic mass is 9.71. The van der Waals surface area contributed by atoms with Gasteiger partial charge in [-0.3, -0.25) is 4.79 Å². The Balaban J connectivity index is 0.00000507. The average Bonchev–Trinajstić information content (AvgIpc) is 3.24. The van der Waals surface area contributed by atoms with Crippen LogP contribution in [0.3, 0.4) is 0 Å². The Bertz CT molecular complexity index is 1160. The maximum atomic E-state index is 13.4. The second-order valence-electron chi connectivity index (χ2n) is 9.87. The predicted molar refractivity (Wildman–Crippen MR) is 146 cm³/mol. The molecule has 2 aromatic rings. The second kappa shape index (κ2) is 12.6. The van der Waals surface area contributed by atoms with Crippen LogP contribution >= 0.6 is 0 Å². The first kappa shape index (κ1) is 31.0. The van der Waals surface area contributed by atoms with Crippen LogP contribution < -0.4 is 26.7 Å². The topological polar surface area (TPSA) is 117 Å². The van der Waals surface area contributed by atoms with Crippen molar-refractivity contribution in [1.29, 1.82) is 0 Å². The molecule has 9 heteroatoms. The third-order valence-corrected chi connectivity index (χ3v) is 7.17. The van der Waals surface area contributed by atoms with Gasteiger partial charge in [0.1, 0.15) is 6.61 Å². The molecule has 1 aliphatic rings. The number of carbonyl (C=O) groups is 1. The Morgan fingerprint density at radius 2 is 1.87 bits per heavy atom. The molecule has 3 rings (SSSR count). The van der Waals surface area contributed by atoms with Crippen molar-refractivity contribution in [1.82, 2.24) is 4.90 Å². The minimum atomic E-state index is -2.89. The quantitative estimate of drug-likeness (QED) is 0.450. The highest BCUT2D eigenvalue weighted by Gasteiger charge is 2.48. The van der Waals surface area contributed by atoms with Gasteiger partial charge in [-0.2, -0.15) is 0 Å². The predicted octanol–water partition coefficient (Wildman–Crippen LogP) is 3.44. The molecule has 1 fully saturated rings. The molecule has 0 aromatic heterocycles. The number of carbonyl (C=O) groups excluding carboxylic acids is 1. The van der Waals surface area contributed by atoms with Crippen molar-refractivity contribution in [2.75, 3.05) is 33.4 Å². The maximum absolute atomic E-state index is 13.4. The van der Waals surface area contributed by atoms with Gasteiger partial charge in [-0.25, -0.2) is 8.78 Å². The Kier molecular flexibility index (Phi) is 10.3. The molecule has 38 heavy (non-hydrogen) atoms. The molecule has 2 unspecified atom stereocenters. The summed E-state index contributed by atoms with van der Waals surface area (Å²) in [6, 6.07) is 10.6. The summed E-state index contributed by atoms with van der Waals surface area (Å²) in [5, 5.41) is 0. The number of amides is 1. The standard InChI is InChI=1S/C28H36F2N4O3.CH4/c1-18(32)27(2)17-34(26(35)23(33)15-31)16-22(27)20-9-12-24(36-4)25(14-20)37-13-5-6-19-7-10-21(11-8-19)28(3,29)30;/h7-12,14,18,22-23H,13,15-17,31-33H2,1-4H3;1H4/t18-,22?,23+,27?;/m1./s1. The first-order valence-electron chi connectivity index (χ1n) is 12.2. The van der Waals surface area contributed by atoms with Crippen molar-refractivity contribution in [3.63, 3.8) is 0 Å². The summed E-state index contributed by atoms with van der Waals surface area (Å²) in [5.74, 6) is 3.73. The Hall–Kier alpha value is -3.19. The van der Waals surface area contributed by atoms with Gasteiger partial charge in [0.2, 0.25) is 5.91 Å². The molecule has 1 saturated heterocycles. The van der Waals surface area contributed by atoms with E-state index in [0.717, 1.165) is 12.5 Å². The van der Waals surface area contributed by atoms with E-state index in [-0.39, 0.29) is 44.0 Å². The number of alkyl halides is 2. The highest BCUT2D eigenvalue weighted by atomic mass is 19.3. The second-order valence-corrected chi connectivity index (χ2v) is 9.87. The largest absolute Gasteiger partial charge is 0.493 e. The summed E-state index contributed by atoms with van der Waals surface area (Å²) < 4.78 is 38.2. The fraction of sp³-hybridized carbons (Fsp3) is 0.483. The lowest BCUT2D eigenvalue weighted by Gasteiger charge is -2.34. The number of nitrogens with two attached hydrogens (primary N) is 3. The molecule has 2 aromatic carbocycles. The number of nitrogens with zero attached hydrogens (tertiary/aromatic N) is 1. The fourth-order valence-corrected chi connectivity index (χ4v) is 4.59. The zero-order valence-corrected chi connectivity index (χ0v) is 21.8. The van der Waals surface area contributed by atoms with Crippen molar-refractivity contribution < 1.29 is 23.0 Å². The van der Waals surface area contributed by atoms with E-state index in [4.69, 9.17) is 26.7 Å². The first-order chi connectivity index (χ1) is 17.4. The van der Waals surface area contributed by atoms with Gasteiger partial charge in [0.25, 0.3) is 5.92 Å². The smallest absolute Gasteiger partial charge is 0.270 e. The average molecular weight is 531 g/mol. The van der Waals surface area contributed by atoms with Crippen LogP contribution in [0.15, 0.2) is 42.5 Å². The molecular formula is C29H40F2N4O3. The van der Waals surface area contributed by atoms with Crippen molar-refractivity contribution in [3.8, 4) is 23.3 Å². The molecule has 0 radical (unpaired) electrons. The first-order valence-corrected chi connectivity index (χ1v) is 12.2. The van der Waals surface area contributed by atoms with Crippen LogP contribution in [0.25, 0.3) is 0 Å². The number of ether oxygens (including phenoxy) is 2. The number of hydrogen-bond donors (Lipinski definition) is 3. The molecule has 0 saturated carbocycles. The number of methoxy groups -OCH3 is 1. The van der Waals surface area contributed by atoms with Gasteiger partial charge in [0.05, 0.1) is 13.2 Å². The molecule has 1 amide bonds. The summed E-state index contributed by atoms with van der Waals surface area (Å²) in [4.78, 5) is 14.5. The number of rotatable bonds is 8. The number of likely N-dealkylation sites (tertiary alicyclic amines) is 1. The molecule has 0 bridgehead atoms. The highest BCUT2D eigenvalue weighted by Crippen LogP contribution is 2.46. The molecule has 1 heterocycles. The number of hydrogen-bond acceptors (Lipinski definition) is 6. The van der Waals surface area contributed by atoms with Gasteiger partial charge in [0.15, 0.2) is 11.5 Å². The van der Waals surface area contributed by atoms with Gasteiger partial charge in [-0.05, 0) is 36.8 Å². The Morgan fingerprint density at radius 3 is 2.42 bits per heavy atom. The molecule has 208 valence electrons. The van der Waals surface area contributed by atoms with E-state index in [1.165, 1.54) is 12.1 Å². The van der Waals surface area contributed by atoms with E-state index in [2.05, 4.69) is 18.8 Å². The minimum Gasteiger partial charge on any atom is -0.493 e. The van der Waals surface area contributed by atoms with Crippen LogP contribution in [0.2, 0.25) is 0 Å². The monoisotopic (exact) mass is 530 g/mol. The lowest BCUT2D eigenvalue weighted by Crippen LogP contribution is -2.48. The maximum Gasteiger partial charge on any atom is 0.270 e. The summed E-state index contributed by atoms with van der Waals surface area (Å²) in [6.07, 6.45) is 0. The van der Waals surface area contributed by atoms with Crippen LogP contribution in [-0.2, 0) is 10.7 Å². The Labute approximate surface area is 224 Å². The molecule has 6 N–H and O–H groups in total. The van der Waals surface area contributed by atoms with Gasteiger partial charge in [-0.15, -0.1) is 0 Å². The van der Waals surface area contributed by atoms with Gasteiger partial charge in [-0.1, -0.05) is 44.4 Å². The molecule has 7 nitrogen and oxygen atoms in total. The highest BCUT2D eigenvalue weighted by molar-refractivity contribution is 5.82.